The second-order valence-electron chi connectivity index (χ2n) is 14.4. The van der Waals surface area contributed by atoms with Gasteiger partial charge in [0.2, 0.25) is 0 Å². The van der Waals surface area contributed by atoms with Crippen molar-refractivity contribution in [1.82, 2.24) is 15.0 Å². The molecule has 0 radical (unpaired) electrons. The molecule has 0 saturated carbocycles. The van der Waals surface area contributed by atoms with Crippen molar-refractivity contribution in [3.8, 4) is 67.5 Å². The molecule has 0 atom stereocenters. The second kappa shape index (κ2) is 13.6. The van der Waals surface area contributed by atoms with Crippen molar-refractivity contribution >= 4 is 43.5 Å². The number of benzene rings is 9. The third kappa shape index (κ3) is 5.83. The monoisotopic (exact) mass is 727 g/mol. The van der Waals surface area contributed by atoms with Gasteiger partial charge in [0.1, 0.15) is 11.2 Å². The van der Waals surface area contributed by atoms with E-state index in [2.05, 4.69) is 188 Å². The average molecular weight is 728 g/mol. The van der Waals surface area contributed by atoms with Crippen molar-refractivity contribution in [1.29, 1.82) is 0 Å². The maximum absolute atomic E-state index is 6.46. The SMILES string of the molecule is c1ccc(-c2ccc3oc4cccc(-c5ccccc5-c5nc(-c6ccc(-c7cccc8ccccc78)cc6)nc(-c6ccc7ccccc7c6)n5)c4c3c2)cc1. The summed E-state index contributed by atoms with van der Waals surface area (Å²) >= 11 is 0. The van der Waals surface area contributed by atoms with Gasteiger partial charge in [0.15, 0.2) is 17.5 Å². The van der Waals surface area contributed by atoms with Crippen LogP contribution in [0.2, 0.25) is 0 Å². The summed E-state index contributed by atoms with van der Waals surface area (Å²) in [5.74, 6) is 1.83. The fraction of sp³-hybridized carbons (Fsp3) is 0. The van der Waals surface area contributed by atoms with Crippen LogP contribution in [-0.2, 0) is 0 Å². The molecule has 0 aliphatic rings. The third-order valence-electron chi connectivity index (χ3n) is 10.9. The Labute approximate surface area is 329 Å². The summed E-state index contributed by atoms with van der Waals surface area (Å²) in [6, 6.07) is 69.9. The number of furan rings is 1. The first-order valence-corrected chi connectivity index (χ1v) is 19.2. The van der Waals surface area contributed by atoms with E-state index in [1.807, 2.05) is 12.1 Å². The van der Waals surface area contributed by atoms with Gasteiger partial charge < -0.3 is 4.42 Å². The molecule has 0 saturated heterocycles. The largest absolute Gasteiger partial charge is 0.456 e. The fourth-order valence-electron chi connectivity index (χ4n) is 8.13. The van der Waals surface area contributed by atoms with Crippen LogP contribution in [0.4, 0.5) is 0 Å². The zero-order valence-electron chi connectivity index (χ0n) is 30.8. The smallest absolute Gasteiger partial charge is 0.164 e. The van der Waals surface area contributed by atoms with Crippen LogP contribution >= 0.6 is 0 Å². The van der Waals surface area contributed by atoms with Crippen LogP contribution in [0.15, 0.2) is 205 Å². The molecule has 266 valence electrons. The minimum absolute atomic E-state index is 0.603. The van der Waals surface area contributed by atoms with E-state index in [1.165, 1.54) is 21.7 Å². The second-order valence-corrected chi connectivity index (χ2v) is 14.4. The highest BCUT2D eigenvalue weighted by molar-refractivity contribution is 6.14. The summed E-state index contributed by atoms with van der Waals surface area (Å²) in [4.78, 5) is 15.6. The van der Waals surface area contributed by atoms with Gasteiger partial charge in [-0.15, -0.1) is 0 Å². The number of fused-ring (bicyclic) bond motifs is 5. The fourth-order valence-corrected chi connectivity index (χ4v) is 8.13. The molecule has 0 bridgehead atoms. The number of hydrogen-bond donors (Lipinski definition) is 0. The maximum Gasteiger partial charge on any atom is 0.164 e. The summed E-state index contributed by atoms with van der Waals surface area (Å²) in [6.45, 7) is 0. The van der Waals surface area contributed by atoms with E-state index < -0.39 is 0 Å². The van der Waals surface area contributed by atoms with Gasteiger partial charge in [-0.2, -0.15) is 0 Å². The topological polar surface area (TPSA) is 51.8 Å². The molecule has 11 aromatic rings. The highest BCUT2D eigenvalue weighted by atomic mass is 16.3. The van der Waals surface area contributed by atoms with Crippen LogP contribution < -0.4 is 0 Å². The molecule has 2 heterocycles. The van der Waals surface area contributed by atoms with Gasteiger partial charge in [0.05, 0.1) is 0 Å². The summed E-state index contributed by atoms with van der Waals surface area (Å²) in [5.41, 5.74) is 11.2. The Balaban J connectivity index is 1.09. The summed E-state index contributed by atoms with van der Waals surface area (Å²) in [5, 5.41) is 6.87. The lowest BCUT2D eigenvalue weighted by Gasteiger charge is -2.13. The van der Waals surface area contributed by atoms with Crippen LogP contribution in [0.3, 0.4) is 0 Å². The molecule has 4 nitrogen and oxygen atoms in total. The molecule has 0 unspecified atom stereocenters. The van der Waals surface area contributed by atoms with Crippen LogP contribution in [0.5, 0.6) is 0 Å². The van der Waals surface area contributed by atoms with E-state index in [4.69, 9.17) is 19.4 Å². The maximum atomic E-state index is 6.46. The van der Waals surface area contributed by atoms with Gasteiger partial charge in [-0.3, -0.25) is 0 Å². The molecule has 0 amide bonds. The molecular weight excluding hydrogens is 695 g/mol. The molecule has 0 N–H and O–H groups in total. The van der Waals surface area contributed by atoms with Crippen LogP contribution in [0.25, 0.3) is 111 Å². The Morgan fingerprint density at radius 2 is 0.877 bits per heavy atom. The Morgan fingerprint density at radius 3 is 1.74 bits per heavy atom. The van der Waals surface area contributed by atoms with Gasteiger partial charge >= 0.3 is 0 Å². The van der Waals surface area contributed by atoms with Crippen molar-refractivity contribution in [3.05, 3.63) is 200 Å². The highest BCUT2D eigenvalue weighted by Gasteiger charge is 2.20. The minimum Gasteiger partial charge on any atom is -0.456 e. The normalized spacial score (nSPS) is 11.5. The predicted molar refractivity (Wildman–Crippen MR) is 235 cm³/mol. The molecule has 0 fully saturated rings. The third-order valence-corrected chi connectivity index (χ3v) is 10.9. The summed E-state index contributed by atoms with van der Waals surface area (Å²) in [7, 11) is 0. The Hall–Kier alpha value is -7.69. The first-order valence-electron chi connectivity index (χ1n) is 19.2. The Bertz CT molecular complexity index is 3290. The summed E-state index contributed by atoms with van der Waals surface area (Å²) < 4.78 is 6.46. The van der Waals surface area contributed by atoms with E-state index in [9.17, 15) is 0 Å². The minimum atomic E-state index is 0.603. The zero-order valence-corrected chi connectivity index (χ0v) is 30.8. The zero-order chi connectivity index (χ0) is 37.7. The number of nitrogens with zero attached hydrogens (tertiary/aromatic N) is 3. The van der Waals surface area contributed by atoms with Gasteiger partial charge in [0, 0.05) is 27.5 Å². The van der Waals surface area contributed by atoms with E-state index in [0.717, 1.165) is 71.8 Å². The highest BCUT2D eigenvalue weighted by Crippen LogP contribution is 2.42. The van der Waals surface area contributed by atoms with Crippen LogP contribution in [0, 0.1) is 0 Å². The standard InChI is InChI=1S/C53H33N3O/c1-2-12-34(13-3-1)40-30-31-48-47(33-40)50-45(22-11-23-49(50)57-48)44-19-8-9-20-46(44)53-55-51(54-52(56-53)41-29-24-35-14-4-5-16-39(35)32-41)38-27-25-37(26-28-38)43-21-10-17-36-15-6-7-18-42(36)43/h1-33H. The molecule has 9 aromatic carbocycles. The number of rotatable bonds is 6. The molecule has 11 rings (SSSR count). The molecule has 0 aliphatic heterocycles. The van der Waals surface area contributed by atoms with Gasteiger partial charge in [0.25, 0.3) is 0 Å². The Kier molecular flexibility index (Phi) is 7.78. The molecule has 2 aromatic heterocycles. The van der Waals surface area contributed by atoms with Crippen LogP contribution in [0.1, 0.15) is 0 Å². The van der Waals surface area contributed by atoms with E-state index in [1.54, 1.807) is 0 Å². The van der Waals surface area contributed by atoms with E-state index in [-0.39, 0.29) is 0 Å². The van der Waals surface area contributed by atoms with E-state index in [0.29, 0.717) is 17.5 Å². The first kappa shape index (κ1) is 32.7. The van der Waals surface area contributed by atoms with Crippen molar-refractivity contribution in [2.75, 3.05) is 0 Å². The van der Waals surface area contributed by atoms with Crippen molar-refractivity contribution in [2.45, 2.75) is 0 Å². The van der Waals surface area contributed by atoms with Crippen molar-refractivity contribution < 1.29 is 4.42 Å². The van der Waals surface area contributed by atoms with Crippen molar-refractivity contribution in [2.24, 2.45) is 0 Å². The predicted octanol–water partition coefficient (Wildman–Crippen LogP) is 14.1. The molecular formula is C53H33N3O. The number of aromatic nitrogens is 3. The van der Waals surface area contributed by atoms with Gasteiger partial charge in [-0.1, -0.05) is 176 Å². The lowest BCUT2D eigenvalue weighted by molar-refractivity contribution is 0.669. The first-order chi connectivity index (χ1) is 28.2. The molecule has 4 heteroatoms. The molecule has 57 heavy (non-hydrogen) atoms. The van der Waals surface area contributed by atoms with Gasteiger partial charge in [-0.05, 0) is 79.2 Å². The number of hydrogen-bond acceptors (Lipinski definition) is 4. The van der Waals surface area contributed by atoms with Crippen LogP contribution in [-0.4, -0.2) is 15.0 Å². The van der Waals surface area contributed by atoms with Crippen molar-refractivity contribution in [3.63, 3.8) is 0 Å². The lowest BCUT2D eigenvalue weighted by Crippen LogP contribution is -2.01. The summed E-state index contributed by atoms with van der Waals surface area (Å²) in [6.07, 6.45) is 0. The Morgan fingerprint density at radius 1 is 0.281 bits per heavy atom. The quantitative estimate of drug-likeness (QED) is 0.171. The average Bonchev–Trinajstić information content (AvgIpc) is 3.67. The van der Waals surface area contributed by atoms with E-state index >= 15 is 0 Å². The molecule has 0 aliphatic carbocycles. The van der Waals surface area contributed by atoms with Gasteiger partial charge in [-0.25, -0.2) is 15.0 Å². The molecule has 0 spiro atoms. The lowest BCUT2D eigenvalue weighted by atomic mass is 9.94.